The maximum Gasteiger partial charge on any atom is 0.412 e. The lowest BCUT2D eigenvalue weighted by atomic mass is 10.0. The molecule has 7 aromatic heterocycles. The summed E-state index contributed by atoms with van der Waals surface area (Å²) in [5, 5.41) is 36.5. The summed E-state index contributed by atoms with van der Waals surface area (Å²) in [7, 11) is 4.15. The number of pyridine rings is 1. The van der Waals surface area contributed by atoms with Gasteiger partial charge in [-0.05, 0) is 31.0 Å². The van der Waals surface area contributed by atoms with Gasteiger partial charge in [-0.25, -0.2) is 39.7 Å². The van der Waals surface area contributed by atoms with Crippen molar-refractivity contribution in [3.8, 4) is 43.4 Å². The summed E-state index contributed by atoms with van der Waals surface area (Å²) in [5.41, 5.74) is 2.41. The Labute approximate surface area is 472 Å². The van der Waals surface area contributed by atoms with E-state index in [1.807, 2.05) is 0 Å². The topological polar surface area (TPSA) is 330 Å². The number of rotatable bonds is 12. The molecular weight excluding hydrogens is 1140 g/mol. The molecule has 0 aliphatic carbocycles. The molecule has 1 aliphatic heterocycles. The van der Waals surface area contributed by atoms with Gasteiger partial charge in [-0.2, -0.15) is 0 Å². The van der Waals surface area contributed by atoms with E-state index < -0.39 is 66.3 Å². The number of nitrogens with zero attached hydrogens (tertiary/aromatic N) is 7. The van der Waals surface area contributed by atoms with Crippen LogP contribution in [0.3, 0.4) is 0 Å². The van der Waals surface area contributed by atoms with Crippen molar-refractivity contribution in [3.05, 3.63) is 106 Å². The van der Waals surface area contributed by atoms with Crippen LogP contribution >= 0.6 is 68.0 Å². The number of aliphatic hydroxyl groups excluding tert-OH is 1. The molecule has 24 nitrogen and oxygen atoms in total. The molecule has 0 unspecified atom stereocenters. The molecule has 79 heavy (non-hydrogen) atoms. The van der Waals surface area contributed by atoms with Gasteiger partial charge in [0.05, 0.1) is 49.9 Å². The molecule has 0 fully saturated rings. The number of aliphatic hydroxyl groups is 1. The van der Waals surface area contributed by atoms with Crippen LogP contribution in [0.25, 0.3) is 43.4 Å². The molecule has 0 saturated carbocycles. The number of thiazole rings is 6. The van der Waals surface area contributed by atoms with Gasteiger partial charge in [-0.1, -0.05) is 41.7 Å². The maximum absolute atomic E-state index is 14.2. The first-order valence-electron chi connectivity index (χ1n) is 23.6. The van der Waals surface area contributed by atoms with E-state index in [9.17, 15) is 38.7 Å². The highest BCUT2D eigenvalue weighted by molar-refractivity contribution is 7.16. The zero-order chi connectivity index (χ0) is 55.7. The van der Waals surface area contributed by atoms with Gasteiger partial charge in [0.2, 0.25) is 11.8 Å². The monoisotopic (exact) mass is 1180 g/mol. The minimum absolute atomic E-state index is 0.00735. The van der Waals surface area contributed by atoms with Crippen molar-refractivity contribution in [2.45, 2.75) is 51.0 Å². The number of amides is 6. The van der Waals surface area contributed by atoms with E-state index in [1.54, 1.807) is 70.9 Å². The summed E-state index contributed by atoms with van der Waals surface area (Å²) < 4.78 is 15.2. The van der Waals surface area contributed by atoms with Crippen LogP contribution in [0.5, 0.6) is 0 Å². The van der Waals surface area contributed by atoms with Gasteiger partial charge < -0.3 is 40.6 Å². The number of aromatic nitrogens is 7. The standard InChI is InChI=1S/C49H45N13O11S6/c1-22-35-42(69)62-48-61-37(30(79-48)17-71-3)41(68)51-16-33(64)59-38(39(66)23-9-6-5-7-10-23)47-56-29(20-76-47)45-54-27(18-75-45)36-24(43-55-28(19-74-43)40(67)53-26(15-32(63)50-2)46(60-35)78-22)12-13-25(52-36)44-57-31(21-77-44)58-49(70)73-14-8-11-34(65)72-4/h5-7,9-10,12-13,18-21,26,38-39,66H,8,11,14-17H2,1-4H3,(H,50,63)(H,51,68)(H,53,67)(H,58,70)(H,59,64)(H,61,62,69)/t26-,38-,39-/m0/s1. The maximum atomic E-state index is 14.2. The van der Waals surface area contributed by atoms with Crippen molar-refractivity contribution in [3.63, 3.8) is 0 Å². The number of aryl methyl sites for hydroxylation is 1. The fourth-order valence-electron chi connectivity index (χ4n) is 7.60. The van der Waals surface area contributed by atoms with Gasteiger partial charge in [0.15, 0.2) is 5.13 Å². The molecule has 6 amide bonds. The van der Waals surface area contributed by atoms with Crippen molar-refractivity contribution in [1.29, 1.82) is 0 Å². The normalized spacial score (nSPS) is 15.3. The molecule has 8 aromatic rings. The summed E-state index contributed by atoms with van der Waals surface area (Å²) in [6.45, 7) is 1.04. The number of benzene rings is 1. The van der Waals surface area contributed by atoms with Gasteiger partial charge in [-0.15, -0.1) is 56.7 Å². The molecule has 0 saturated heterocycles. The van der Waals surface area contributed by atoms with E-state index in [1.165, 1.54) is 55.3 Å². The quantitative estimate of drug-likeness (QED) is 0.0481. The SMILES string of the molecule is CNC(=O)C[C@@H]1NC(=O)c2csc(n2)-c2ccc(-c3nc(NC(=O)OCCCC(=O)OC)cs3)nc2-c2csc(n2)-c2csc(n2)[C@H]([C@@H](O)c2ccccc2)NC(=O)CNC(=O)c2nc(sc2COC)NC(=O)c2nc1sc2C. The number of methoxy groups -OCH3 is 2. The Bertz CT molecular complexity index is 3570. The Hall–Kier alpha value is -7.84. The van der Waals surface area contributed by atoms with Crippen LogP contribution in [0.1, 0.15) is 94.2 Å². The minimum atomic E-state index is -1.28. The fraction of sp³-hybridized carbons (Fsp3) is 0.265. The van der Waals surface area contributed by atoms with Crippen molar-refractivity contribution in [2.24, 2.45) is 0 Å². The van der Waals surface area contributed by atoms with E-state index in [4.69, 9.17) is 29.4 Å². The lowest BCUT2D eigenvalue weighted by Crippen LogP contribution is -2.40. The number of carbonyl (C=O) groups is 7. The number of hydrogen-bond acceptors (Lipinski definition) is 24. The first-order valence-corrected chi connectivity index (χ1v) is 28.8. The summed E-state index contributed by atoms with van der Waals surface area (Å²) in [5.74, 6) is -3.37. The van der Waals surface area contributed by atoms with Crippen molar-refractivity contribution in [1.82, 2.24) is 56.2 Å². The first kappa shape index (κ1) is 55.9. The lowest BCUT2D eigenvalue weighted by Gasteiger charge is -2.23. The van der Waals surface area contributed by atoms with Crippen LogP contribution in [0, 0.1) is 6.92 Å². The van der Waals surface area contributed by atoms with Gasteiger partial charge in [-0.3, -0.25) is 39.4 Å². The van der Waals surface area contributed by atoms with Gasteiger partial charge in [0, 0.05) is 52.5 Å². The Morgan fingerprint density at radius 3 is 2.28 bits per heavy atom. The number of anilines is 2. The molecule has 10 bridgehead atoms. The summed E-state index contributed by atoms with van der Waals surface area (Å²) in [6, 6.07) is 10.1. The number of hydrogen-bond donors (Lipinski definition) is 7. The predicted octanol–water partition coefficient (Wildman–Crippen LogP) is 6.94. The predicted molar refractivity (Wildman–Crippen MR) is 296 cm³/mol. The Kier molecular flexibility index (Phi) is 17.9. The smallest absolute Gasteiger partial charge is 0.412 e. The van der Waals surface area contributed by atoms with Crippen molar-refractivity contribution < 1.29 is 52.9 Å². The van der Waals surface area contributed by atoms with Crippen LogP contribution in [-0.2, 0) is 35.2 Å². The third kappa shape index (κ3) is 13.4. The van der Waals surface area contributed by atoms with E-state index >= 15 is 0 Å². The second-order valence-electron chi connectivity index (χ2n) is 16.8. The second kappa shape index (κ2) is 25.3. The Morgan fingerprint density at radius 2 is 1.49 bits per heavy atom. The zero-order valence-corrected chi connectivity index (χ0v) is 46.8. The average molecular weight is 1180 g/mol. The van der Waals surface area contributed by atoms with Gasteiger partial charge in [0.1, 0.15) is 77.2 Å². The van der Waals surface area contributed by atoms with Crippen LogP contribution in [0.2, 0.25) is 0 Å². The van der Waals surface area contributed by atoms with E-state index in [0.29, 0.717) is 63.7 Å². The summed E-state index contributed by atoms with van der Waals surface area (Å²) in [4.78, 5) is 126. The number of fused-ring (bicyclic) bond motifs is 14. The highest BCUT2D eigenvalue weighted by Gasteiger charge is 2.31. The summed E-state index contributed by atoms with van der Waals surface area (Å²) in [6.07, 6.45) is -1.94. The highest BCUT2D eigenvalue weighted by Crippen LogP contribution is 2.40. The number of esters is 1. The third-order valence-corrected chi connectivity index (χ3v) is 17.0. The summed E-state index contributed by atoms with van der Waals surface area (Å²) >= 11 is 6.85. The number of carbonyl (C=O) groups excluding carboxylic acids is 7. The number of ether oxygens (including phenoxy) is 3. The van der Waals surface area contributed by atoms with Crippen LogP contribution in [0.15, 0.2) is 64.0 Å². The minimum Gasteiger partial charge on any atom is -0.469 e. The van der Waals surface area contributed by atoms with Crippen LogP contribution < -0.4 is 31.9 Å². The second-order valence-corrected chi connectivity index (χ2v) is 22.6. The molecule has 7 N–H and O–H groups in total. The number of nitrogens with one attached hydrogen (secondary N) is 6. The largest absolute Gasteiger partial charge is 0.469 e. The Morgan fingerprint density at radius 1 is 0.747 bits per heavy atom. The Balaban J connectivity index is 1.09. The molecule has 3 atom stereocenters. The van der Waals surface area contributed by atoms with Gasteiger partial charge in [0.25, 0.3) is 17.7 Å². The first-order chi connectivity index (χ1) is 38.2. The van der Waals surface area contributed by atoms with Crippen molar-refractivity contribution >= 4 is 121 Å². The van der Waals surface area contributed by atoms with E-state index in [-0.39, 0.29) is 65.5 Å². The van der Waals surface area contributed by atoms with Gasteiger partial charge >= 0.3 is 12.1 Å². The van der Waals surface area contributed by atoms with E-state index in [0.717, 1.165) is 34.0 Å². The average Bonchev–Trinajstić information content (AvgIpc) is 4.46. The molecule has 30 heteroatoms. The van der Waals surface area contributed by atoms with Crippen LogP contribution in [0.4, 0.5) is 15.7 Å². The highest BCUT2D eigenvalue weighted by atomic mass is 32.1. The molecule has 8 heterocycles. The molecule has 408 valence electrons. The molecule has 9 rings (SSSR count). The van der Waals surface area contributed by atoms with E-state index in [2.05, 4.69) is 51.6 Å². The fourth-order valence-corrected chi connectivity index (χ4v) is 12.8. The molecule has 1 aromatic carbocycles. The zero-order valence-electron chi connectivity index (χ0n) is 41.9. The molecular formula is C49H45N13O11S6. The molecule has 1 aliphatic rings. The lowest BCUT2D eigenvalue weighted by molar-refractivity contribution is -0.141. The third-order valence-electron chi connectivity index (χ3n) is 11.4. The molecule has 0 spiro atoms. The van der Waals surface area contributed by atoms with Crippen molar-refractivity contribution in [2.75, 3.05) is 45.1 Å². The molecule has 0 radical (unpaired) electrons. The van der Waals surface area contributed by atoms with Crippen LogP contribution in [-0.4, -0.2) is 116 Å².